The third-order valence-electron chi connectivity index (χ3n) is 4.88. The smallest absolute Gasteiger partial charge is 0.270 e. The summed E-state index contributed by atoms with van der Waals surface area (Å²) >= 11 is 5.12. The van der Waals surface area contributed by atoms with E-state index >= 15 is 0 Å². The van der Waals surface area contributed by atoms with Crippen LogP contribution in [0.3, 0.4) is 0 Å². The molecule has 0 spiro atoms. The predicted molar refractivity (Wildman–Crippen MR) is 140 cm³/mol. The lowest BCUT2D eigenvalue weighted by atomic mass is 10.1. The van der Waals surface area contributed by atoms with Gasteiger partial charge < -0.3 is 5.32 Å². The molecule has 0 fully saturated rings. The van der Waals surface area contributed by atoms with Gasteiger partial charge in [-0.2, -0.15) is 0 Å². The highest BCUT2D eigenvalue weighted by Crippen LogP contribution is 2.24. The molecule has 35 heavy (non-hydrogen) atoms. The number of nitrogens with zero attached hydrogens (tertiary/aromatic N) is 1. The molecular formula is C24H22N4O5S2. The number of para-hydroxylation sites is 1. The number of aryl methyl sites for hydroxylation is 2. The largest absolute Gasteiger partial charge is 0.332 e. The molecule has 0 aliphatic rings. The Morgan fingerprint density at radius 1 is 1.00 bits per heavy atom. The van der Waals surface area contributed by atoms with Gasteiger partial charge in [-0.05, 0) is 73.1 Å². The van der Waals surface area contributed by atoms with Gasteiger partial charge in [0.15, 0.2) is 5.11 Å². The summed E-state index contributed by atoms with van der Waals surface area (Å²) in [5.74, 6) is -0.536. The molecule has 3 rings (SSSR count). The fraction of sp³-hybridized carbons (Fsp3) is 0.0833. The van der Waals surface area contributed by atoms with Crippen LogP contribution in [0.5, 0.6) is 0 Å². The van der Waals surface area contributed by atoms with Crippen LogP contribution in [0.15, 0.2) is 77.7 Å². The number of rotatable bonds is 7. The molecule has 0 saturated carbocycles. The minimum atomic E-state index is -3.80. The average molecular weight is 511 g/mol. The fourth-order valence-electron chi connectivity index (χ4n) is 3.12. The molecule has 0 aliphatic carbocycles. The second-order valence-corrected chi connectivity index (χ2v) is 9.62. The molecule has 9 nitrogen and oxygen atoms in total. The highest BCUT2D eigenvalue weighted by Gasteiger charge is 2.16. The van der Waals surface area contributed by atoms with Crippen LogP contribution in [0.2, 0.25) is 0 Å². The van der Waals surface area contributed by atoms with Crippen molar-refractivity contribution in [3.63, 3.8) is 0 Å². The molecule has 180 valence electrons. The van der Waals surface area contributed by atoms with E-state index in [2.05, 4.69) is 15.4 Å². The molecule has 0 aromatic heterocycles. The lowest BCUT2D eigenvalue weighted by Gasteiger charge is -2.14. The van der Waals surface area contributed by atoms with E-state index in [9.17, 15) is 23.3 Å². The summed E-state index contributed by atoms with van der Waals surface area (Å²) in [6.07, 6.45) is 2.62. The van der Waals surface area contributed by atoms with Crippen LogP contribution in [0.4, 0.5) is 17.1 Å². The van der Waals surface area contributed by atoms with Gasteiger partial charge in [0.2, 0.25) is 5.91 Å². The fourth-order valence-corrected chi connectivity index (χ4v) is 4.54. The number of nitro benzene ring substituents is 1. The van der Waals surface area contributed by atoms with Crippen molar-refractivity contribution in [1.29, 1.82) is 0 Å². The summed E-state index contributed by atoms with van der Waals surface area (Å²) < 4.78 is 28.2. The quantitative estimate of drug-likeness (QED) is 0.184. The Hall–Kier alpha value is -4.09. The number of hydrogen-bond acceptors (Lipinski definition) is 6. The van der Waals surface area contributed by atoms with Crippen molar-refractivity contribution in [1.82, 2.24) is 5.32 Å². The number of nitrogens with one attached hydrogen (secondary N) is 3. The third-order valence-corrected chi connectivity index (χ3v) is 6.45. The van der Waals surface area contributed by atoms with Crippen molar-refractivity contribution < 1.29 is 18.1 Å². The number of anilines is 2. The SMILES string of the molecule is Cc1cccc(C)c1NS(=O)(=O)c1ccc(NC(=S)NC(=O)/C=C/c2cccc([N+](=O)[O-])c2)cc1. The van der Waals surface area contributed by atoms with Crippen molar-refractivity contribution in [2.24, 2.45) is 0 Å². The van der Waals surface area contributed by atoms with E-state index in [1.54, 1.807) is 6.07 Å². The number of nitro groups is 1. The second-order valence-electron chi connectivity index (χ2n) is 7.53. The van der Waals surface area contributed by atoms with Crippen molar-refractivity contribution in [3.05, 3.63) is 99.6 Å². The molecular weight excluding hydrogens is 488 g/mol. The number of amides is 1. The van der Waals surface area contributed by atoms with E-state index < -0.39 is 20.9 Å². The lowest BCUT2D eigenvalue weighted by Crippen LogP contribution is -2.32. The molecule has 3 aromatic carbocycles. The van der Waals surface area contributed by atoms with E-state index in [4.69, 9.17) is 12.2 Å². The molecule has 3 N–H and O–H groups in total. The number of benzene rings is 3. The number of carbonyl (C=O) groups is 1. The van der Waals surface area contributed by atoms with Crippen LogP contribution in [0, 0.1) is 24.0 Å². The van der Waals surface area contributed by atoms with Crippen molar-refractivity contribution in [2.45, 2.75) is 18.7 Å². The Balaban J connectivity index is 1.60. The topological polar surface area (TPSA) is 130 Å². The van der Waals surface area contributed by atoms with Gasteiger partial charge in [0.1, 0.15) is 0 Å². The molecule has 0 bridgehead atoms. The minimum absolute atomic E-state index is 0.00274. The molecule has 0 radical (unpaired) electrons. The van der Waals surface area contributed by atoms with Crippen LogP contribution >= 0.6 is 12.2 Å². The standard InChI is InChI=1S/C24H22N4O5S2/c1-16-5-3-6-17(2)23(16)27-35(32,33)21-12-10-19(11-13-21)25-24(34)26-22(29)14-9-18-7-4-8-20(15-18)28(30)31/h3-15,27H,1-2H3,(H2,25,26,29,34)/b14-9+. The van der Waals surface area contributed by atoms with Gasteiger partial charge >= 0.3 is 0 Å². The molecule has 1 amide bonds. The molecule has 11 heteroatoms. The van der Waals surface area contributed by atoms with Gasteiger partial charge in [0.25, 0.3) is 15.7 Å². The summed E-state index contributed by atoms with van der Waals surface area (Å²) in [5.41, 5.74) is 3.04. The Kier molecular flexibility index (Phi) is 7.94. The highest BCUT2D eigenvalue weighted by molar-refractivity contribution is 7.92. The van der Waals surface area contributed by atoms with Crippen LogP contribution in [0.1, 0.15) is 16.7 Å². The van der Waals surface area contributed by atoms with Gasteiger partial charge in [-0.15, -0.1) is 0 Å². The number of hydrogen-bond donors (Lipinski definition) is 3. The van der Waals surface area contributed by atoms with E-state index in [1.807, 2.05) is 32.0 Å². The first-order chi connectivity index (χ1) is 16.5. The summed E-state index contributed by atoms with van der Waals surface area (Å²) in [7, 11) is -3.80. The Morgan fingerprint density at radius 2 is 1.63 bits per heavy atom. The van der Waals surface area contributed by atoms with Crippen molar-refractivity contribution in [3.8, 4) is 0 Å². The van der Waals surface area contributed by atoms with Crippen molar-refractivity contribution >= 4 is 56.4 Å². The third kappa shape index (κ3) is 6.95. The number of carbonyl (C=O) groups excluding carboxylic acids is 1. The first kappa shape index (κ1) is 25.5. The van der Waals surface area contributed by atoms with Crippen LogP contribution < -0.4 is 15.4 Å². The van der Waals surface area contributed by atoms with Crippen molar-refractivity contribution in [2.75, 3.05) is 10.0 Å². The minimum Gasteiger partial charge on any atom is -0.332 e. The Bertz CT molecular complexity index is 1400. The molecule has 0 aliphatic heterocycles. The van der Waals surface area contributed by atoms with Crippen LogP contribution in [-0.2, 0) is 14.8 Å². The number of thiocarbonyl (C=S) groups is 1. The maximum atomic E-state index is 12.8. The zero-order valence-electron chi connectivity index (χ0n) is 18.8. The van der Waals surface area contributed by atoms with Gasteiger partial charge in [-0.25, -0.2) is 8.42 Å². The highest BCUT2D eigenvalue weighted by atomic mass is 32.2. The zero-order chi connectivity index (χ0) is 25.6. The molecule has 0 atom stereocenters. The molecule has 0 heterocycles. The van der Waals surface area contributed by atoms with Gasteiger partial charge in [0.05, 0.1) is 15.5 Å². The first-order valence-electron chi connectivity index (χ1n) is 10.3. The zero-order valence-corrected chi connectivity index (χ0v) is 20.4. The van der Waals surface area contributed by atoms with E-state index in [-0.39, 0.29) is 15.7 Å². The van der Waals surface area contributed by atoms with E-state index in [0.29, 0.717) is 16.9 Å². The summed E-state index contributed by atoms with van der Waals surface area (Å²) in [4.78, 5) is 22.5. The van der Waals surface area contributed by atoms with E-state index in [1.165, 1.54) is 54.6 Å². The average Bonchev–Trinajstić information content (AvgIpc) is 2.80. The monoisotopic (exact) mass is 510 g/mol. The lowest BCUT2D eigenvalue weighted by molar-refractivity contribution is -0.384. The van der Waals surface area contributed by atoms with Gasteiger partial charge in [0, 0.05) is 23.9 Å². The Morgan fingerprint density at radius 3 is 2.26 bits per heavy atom. The van der Waals surface area contributed by atoms with Gasteiger partial charge in [-0.1, -0.05) is 30.3 Å². The Labute approximate surface area is 208 Å². The first-order valence-corrected chi connectivity index (χ1v) is 12.2. The number of sulfonamides is 1. The second kappa shape index (κ2) is 10.9. The summed E-state index contributed by atoms with van der Waals surface area (Å²) in [6, 6.07) is 17.2. The number of non-ortho nitro benzene ring substituents is 1. The van der Waals surface area contributed by atoms with Crippen LogP contribution in [-0.4, -0.2) is 24.4 Å². The van der Waals surface area contributed by atoms with Gasteiger partial charge in [-0.3, -0.25) is 24.9 Å². The molecule has 0 saturated heterocycles. The summed E-state index contributed by atoms with van der Waals surface area (Å²) in [6.45, 7) is 3.65. The van der Waals surface area contributed by atoms with Crippen LogP contribution in [0.25, 0.3) is 6.08 Å². The maximum absolute atomic E-state index is 12.8. The maximum Gasteiger partial charge on any atom is 0.270 e. The normalized spacial score (nSPS) is 11.1. The molecule has 0 unspecified atom stereocenters. The van der Waals surface area contributed by atoms with E-state index in [0.717, 1.165) is 11.1 Å². The predicted octanol–water partition coefficient (Wildman–Crippen LogP) is 4.54. The molecule has 3 aromatic rings. The summed E-state index contributed by atoms with van der Waals surface area (Å²) in [5, 5.41) is 16.1.